The van der Waals surface area contributed by atoms with Gasteiger partial charge in [0.2, 0.25) is 5.75 Å². The molecule has 0 aliphatic carbocycles. The maximum Gasteiger partial charge on any atom is 0.203 e. The van der Waals surface area contributed by atoms with Gasteiger partial charge in [-0.2, -0.15) is 5.10 Å². The minimum atomic E-state index is 0.532. The standard InChI is InChI=1S/C22H22N4O4/c1-27-16-7-5-6-14(10-16)17-13-23-26-9-8-20(25-22(17)26)24-15-11-18(28-2)21(30-4)19(12-15)29-3/h5-13H,1-4H3,(H,24,25). The Morgan fingerprint density at radius 3 is 2.30 bits per heavy atom. The molecule has 0 fully saturated rings. The van der Waals surface area contributed by atoms with E-state index in [-0.39, 0.29) is 0 Å². The van der Waals surface area contributed by atoms with Crippen molar-refractivity contribution in [1.82, 2.24) is 14.6 Å². The molecule has 4 rings (SSSR count). The fraction of sp³-hybridized carbons (Fsp3) is 0.182. The first kappa shape index (κ1) is 19.4. The summed E-state index contributed by atoms with van der Waals surface area (Å²) in [5.41, 5.74) is 3.36. The van der Waals surface area contributed by atoms with Crippen LogP contribution < -0.4 is 24.3 Å². The number of hydrogen-bond acceptors (Lipinski definition) is 7. The van der Waals surface area contributed by atoms with Gasteiger partial charge in [0.25, 0.3) is 0 Å². The van der Waals surface area contributed by atoms with Crippen LogP contribution in [-0.4, -0.2) is 43.0 Å². The van der Waals surface area contributed by atoms with Crippen molar-refractivity contribution < 1.29 is 18.9 Å². The van der Waals surface area contributed by atoms with Gasteiger partial charge in [-0.25, -0.2) is 9.50 Å². The number of nitrogens with zero attached hydrogens (tertiary/aromatic N) is 3. The van der Waals surface area contributed by atoms with Crippen molar-refractivity contribution in [1.29, 1.82) is 0 Å². The summed E-state index contributed by atoms with van der Waals surface area (Å²) in [5.74, 6) is 3.08. The summed E-state index contributed by atoms with van der Waals surface area (Å²) in [5, 5.41) is 7.70. The second-order valence-corrected chi connectivity index (χ2v) is 6.41. The zero-order valence-electron chi connectivity index (χ0n) is 17.2. The quantitative estimate of drug-likeness (QED) is 0.493. The van der Waals surface area contributed by atoms with Crippen molar-refractivity contribution in [2.45, 2.75) is 0 Å². The van der Waals surface area contributed by atoms with Crippen LogP contribution >= 0.6 is 0 Å². The fourth-order valence-corrected chi connectivity index (χ4v) is 3.23. The first-order valence-corrected chi connectivity index (χ1v) is 9.22. The minimum Gasteiger partial charge on any atom is -0.497 e. The van der Waals surface area contributed by atoms with Crippen LogP contribution in [0, 0.1) is 0 Å². The number of methoxy groups -OCH3 is 4. The number of fused-ring (bicyclic) bond motifs is 1. The van der Waals surface area contributed by atoms with Crippen molar-refractivity contribution in [3.8, 4) is 34.1 Å². The average molecular weight is 406 g/mol. The molecular weight excluding hydrogens is 384 g/mol. The second kappa shape index (κ2) is 8.20. The molecule has 0 atom stereocenters. The van der Waals surface area contributed by atoms with Crippen LogP contribution in [0.4, 0.5) is 11.5 Å². The van der Waals surface area contributed by atoms with Crippen molar-refractivity contribution in [2.75, 3.05) is 33.8 Å². The molecule has 2 heterocycles. The normalized spacial score (nSPS) is 10.7. The second-order valence-electron chi connectivity index (χ2n) is 6.41. The first-order valence-electron chi connectivity index (χ1n) is 9.22. The lowest BCUT2D eigenvalue weighted by molar-refractivity contribution is 0.324. The molecule has 0 bridgehead atoms. The van der Waals surface area contributed by atoms with Crippen molar-refractivity contribution in [3.63, 3.8) is 0 Å². The predicted octanol–water partition coefficient (Wildman–Crippen LogP) is 4.17. The summed E-state index contributed by atoms with van der Waals surface area (Å²) in [6.07, 6.45) is 3.65. The molecule has 30 heavy (non-hydrogen) atoms. The van der Waals surface area contributed by atoms with Crippen LogP contribution in [-0.2, 0) is 0 Å². The molecule has 0 radical (unpaired) electrons. The number of ether oxygens (including phenoxy) is 4. The summed E-state index contributed by atoms with van der Waals surface area (Å²) >= 11 is 0. The van der Waals surface area contributed by atoms with Crippen LogP contribution in [0.3, 0.4) is 0 Å². The van der Waals surface area contributed by atoms with Gasteiger partial charge in [0.1, 0.15) is 11.6 Å². The third kappa shape index (κ3) is 3.55. The highest BCUT2D eigenvalue weighted by Crippen LogP contribution is 2.40. The van der Waals surface area contributed by atoms with Crippen LogP contribution in [0.25, 0.3) is 16.8 Å². The van der Waals surface area contributed by atoms with Crippen LogP contribution in [0.1, 0.15) is 0 Å². The molecule has 0 aliphatic rings. The average Bonchev–Trinajstić information content (AvgIpc) is 3.21. The van der Waals surface area contributed by atoms with Gasteiger partial charge in [-0.05, 0) is 23.8 Å². The molecule has 8 nitrogen and oxygen atoms in total. The Bertz CT molecular complexity index is 1160. The predicted molar refractivity (Wildman–Crippen MR) is 114 cm³/mol. The zero-order chi connectivity index (χ0) is 21.1. The SMILES string of the molecule is COc1cccc(-c2cnn3ccc(Nc4cc(OC)c(OC)c(OC)c4)nc23)c1. The largest absolute Gasteiger partial charge is 0.497 e. The first-order chi connectivity index (χ1) is 14.7. The van der Waals surface area contributed by atoms with Gasteiger partial charge >= 0.3 is 0 Å². The zero-order valence-corrected chi connectivity index (χ0v) is 17.2. The Labute approximate surface area is 174 Å². The van der Waals surface area contributed by atoms with Crippen LogP contribution in [0.5, 0.6) is 23.0 Å². The fourth-order valence-electron chi connectivity index (χ4n) is 3.23. The van der Waals surface area contributed by atoms with E-state index in [1.165, 1.54) is 0 Å². The number of benzene rings is 2. The van der Waals surface area contributed by atoms with Gasteiger partial charge in [0.05, 0.1) is 34.6 Å². The Balaban J connectivity index is 1.72. The van der Waals surface area contributed by atoms with Gasteiger partial charge in [0, 0.05) is 29.6 Å². The van der Waals surface area contributed by atoms with Crippen LogP contribution in [0.15, 0.2) is 54.9 Å². The third-order valence-electron chi connectivity index (χ3n) is 4.69. The van der Waals surface area contributed by atoms with E-state index in [9.17, 15) is 0 Å². The smallest absolute Gasteiger partial charge is 0.203 e. The highest BCUT2D eigenvalue weighted by molar-refractivity contribution is 5.79. The Morgan fingerprint density at radius 2 is 1.63 bits per heavy atom. The van der Waals surface area contributed by atoms with Gasteiger partial charge in [0.15, 0.2) is 17.1 Å². The molecule has 0 amide bonds. The van der Waals surface area contributed by atoms with E-state index in [4.69, 9.17) is 23.9 Å². The van der Waals surface area contributed by atoms with E-state index in [0.717, 1.165) is 28.2 Å². The summed E-state index contributed by atoms with van der Waals surface area (Å²) in [7, 11) is 6.38. The van der Waals surface area contributed by atoms with Gasteiger partial charge in [-0.3, -0.25) is 0 Å². The lowest BCUT2D eigenvalue weighted by atomic mass is 10.1. The highest BCUT2D eigenvalue weighted by atomic mass is 16.5. The Morgan fingerprint density at radius 1 is 0.867 bits per heavy atom. The molecule has 8 heteroatoms. The van der Waals surface area contributed by atoms with Crippen molar-refractivity contribution in [3.05, 3.63) is 54.9 Å². The molecule has 0 saturated heterocycles. The number of aromatic nitrogens is 3. The van der Waals surface area contributed by atoms with E-state index < -0.39 is 0 Å². The molecule has 0 unspecified atom stereocenters. The van der Waals surface area contributed by atoms with E-state index >= 15 is 0 Å². The summed E-state index contributed by atoms with van der Waals surface area (Å²) < 4.78 is 23.3. The van der Waals surface area contributed by atoms with Gasteiger partial charge < -0.3 is 24.3 Å². The number of nitrogens with one attached hydrogen (secondary N) is 1. The molecule has 2 aromatic heterocycles. The molecule has 0 saturated carbocycles. The van der Waals surface area contributed by atoms with E-state index in [1.807, 2.05) is 48.7 Å². The minimum absolute atomic E-state index is 0.532. The van der Waals surface area contributed by atoms with E-state index in [0.29, 0.717) is 23.1 Å². The molecule has 2 aromatic carbocycles. The maximum absolute atomic E-state index is 5.42. The third-order valence-corrected chi connectivity index (χ3v) is 4.69. The topological polar surface area (TPSA) is 79.1 Å². The van der Waals surface area contributed by atoms with Crippen molar-refractivity contribution >= 4 is 17.2 Å². The Hall–Kier alpha value is -3.94. The molecule has 154 valence electrons. The number of anilines is 2. The summed E-state index contributed by atoms with van der Waals surface area (Å²) in [4.78, 5) is 4.75. The van der Waals surface area contributed by atoms with E-state index in [1.54, 1.807) is 39.2 Å². The summed E-state index contributed by atoms with van der Waals surface area (Å²) in [6, 6.07) is 13.3. The van der Waals surface area contributed by atoms with Gasteiger partial charge in [-0.15, -0.1) is 0 Å². The number of rotatable bonds is 7. The number of hydrogen-bond donors (Lipinski definition) is 1. The van der Waals surface area contributed by atoms with Crippen LogP contribution in [0.2, 0.25) is 0 Å². The van der Waals surface area contributed by atoms with E-state index in [2.05, 4.69) is 10.4 Å². The molecule has 0 aliphatic heterocycles. The lowest BCUT2D eigenvalue weighted by Crippen LogP contribution is -2.00. The Kier molecular flexibility index (Phi) is 5.30. The summed E-state index contributed by atoms with van der Waals surface area (Å²) in [6.45, 7) is 0. The molecule has 1 N–H and O–H groups in total. The van der Waals surface area contributed by atoms with Gasteiger partial charge in [-0.1, -0.05) is 12.1 Å². The van der Waals surface area contributed by atoms with Crippen molar-refractivity contribution in [2.24, 2.45) is 0 Å². The monoisotopic (exact) mass is 406 g/mol. The highest BCUT2D eigenvalue weighted by Gasteiger charge is 2.14. The maximum atomic E-state index is 5.42. The lowest BCUT2D eigenvalue weighted by Gasteiger charge is -2.15. The molecule has 4 aromatic rings. The molecular formula is C22H22N4O4. The molecule has 0 spiro atoms.